The molecule has 1 amide bonds. The lowest BCUT2D eigenvalue weighted by atomic mass is 10.2. The first-order chi connectivity index (χ1) is 11.0. The van der Waals surface area contributed by atoms with Crippen LogP contribution < -0.4 is 5.32 Å². The molecule has 0 aliphatic heterocycles. The molecule has 0 unspecified atom stereocenters. The number of anilines is 1. The zero-order valence-electron chi connectivity index (χ0n) is 13.5. The number of thiophene rings is 1. The van der Waals surface area contributed by atoms with Gasteiger partial charge < -0.3 is 5.32 Å². The Labute approximate surface area is 139 Å². The summed E-state index contributed by atoms with van der Waals surface area (Å²) in [5.74, 6) is 0.640. The molecule has 3 rings (SSSR count). The molecule has 1 aromatic carbocycles. The third kappa shape index (κ3) is 3.51. The molecule has 0 saturated carbocycles. The molecule has 2 aromatic heterocycles. The normalized spacial score (nSPS) is 10.7. The highest BCUT2D eigenvalue weighted by molar-refractivity contribution is 7.12. The van der Waals surface area contributed by atoms with E-state index in [-0.39, 0.29) is 5.91 Å². The number of rotatable bonds is 4. The van der Waals surface area contributed by atoms with E-state index in [0.717, 1.165) is 32.4 Å². The van der Waals surface area contributed by atoms with Gasteiger partial charge in [-0.05, 0) is 32.4 Å². The highest BCUT2D eigenvalue weighted by atomic mass is 32.1. The molecule has 0 aliphatic carbocycles. The average Bonchev–Trinajstić information content (AvgIpc) is 3.02. The molecule has 118 valence electrons. The van der Waals surface area contributed by atoms with Crippen LogP contribution in [-0.2, 0) is 6.54 Å². The topological polar surface area (TPSA) is 46.9 Å². The van der Waals surface area contributed by atoms with Gasteiger partial charge in [0, 0.05) is 15.8 Å². The van der Waals surface area contributed by atoms with E-state index in [4.69, 9.17) is 0 Å². The van der Waals surface area contributed by atoms with Crippen LogP contribution in [0.15, 0.2) is 42.5 Å². The number of aromatic nitrogens is 2. The lowest BCUT2D eigenvalue weighted by Gasteiger charge is -2.09. The van der Waals surface area contributed by atoms with Gasteiger partial charge in [0.2, 0.25) is 0 Å². The smallest absolute Gasteiger partial charge is 0.257 e. The molecule has 4 nitrogen and oxygen atoms in total. The highest BCUT2D eigenvalue weighted by Crippen LogP contribution is 2.22. The van der Waals surface area contributed by atoms with Crippen LogP contribution in [-0.4, -0.2) is 15.7 Å². The van der Waals surface area contributed by atoms with Crippen molar-refractivity contribution in [1.82, 2.24) is 9.78 Å². The molecule has 23 heavy (non-hydrogen) atoms. The molecule has 0 aliphatic rings. The Morgan fingerprint density at radius 3 is 2.57 bits per heavy atom. The first kappa shape index (κ1) is 15.5. The molecule has 0 fully saturated rings. The Morgan fingerprint density at radius 2 is 1.91 bits per heavy atom. The zero-order valence-corrected chi connectivity index (χ0v) is 14.3. The minimum Gasteiger partial charge on any atom is -0.307 e. The summed E-state index contributed by atoms with van der Waals surface area (Å²) in [7, 11) is 0. The van der Waals surface area contributed by atoms with Crippen molar-refractivity contribution in [1.29, 1.82) is 0 Å². The predicted octanol–water partition coefficient (Wildman–Crippen LogP) is 4.17. The maximum Gasteiger partial charge on any atom is 0.257 e. The number of hydrogen-bond acceptors (Lipinski definition) is 3. The first-order valence-electron chi connectivity index (χ1n) is 7.49. The van der Waals surface area contributed by atoms with Crippen LogP contribution in [0.4, 0.5) is 5.82 Å². The van der Waals surface area contributed by atoms with Crippen molar-refractivity contribution in [2.45, 2.75) is 27.3 Å². The van der Waals surface area contributed by atoms with Crippen LogP contribution >= 0.6 is 11.3 Å². The fourth-order valence-electron chi connectivity index (χ4n) is 2.56. The Kier molecular flexibility index (Phi) is 4.30. The summed E-state index contributed by atoms with van der Waals surface area (Å²) >= 11 is 1.64. The van der Waals surface area contributed by atoms with E-state index in [2.05, 4.69) is 22.5 Å². The maximum atomic E-state index is 12.5. The van der Waals surface area contributed by atoms with E-state index >= 15 is 0 Å². The number of aryl methyl sites for hydroxylation is 3. The minimum absolute atomic E-state index is 0.0824. The summed E-state index contributed by atoms with van der Waals surface area (Å²) in [6.07, 6.45) is 0. The van der Waals surface area contributed by atoms with Gasteiger partial charge in [0.1, 0.15) is 5.82 Å². The molecule has 2 heterocycles. The van der Waals surface area contributed by atoms with Gasteiger partial charge >= 0.3 is 0 Å². The molecule has 0 saturated heterocycles. The second kappa shape index (κ2) is 6.38. The molecular formula is C18H19N3OS. The summed E-state index contributed by atoms with van der Waals surface area (Å²) in [6, 6.07) is 13.9. The van der Waals surface area contributed by atoms with Gasteiger partial charge in [-0.2, -0.15) is 5.10 Å². The fourth-order valence-corrected chi connectivity index (χ4v) is 3.48. The van der Waals surface area contributed by atoms with Crippen LogP contribution in [0.3, 0.4) is 0 Å². The van der Waals surface area contributed by atoms with Crippen LogP contribution in [0.1, 0.15) is 31.4 Å². The van der Waals surface area contributed by atoms with Crippen molar-refractivity contribution >= 4 is 23.1 Å². The summed E-state index contributed by atoms with van der Waals surface area (Å²) in [6.45, 7) is 6.54. The largest absolute Gasteiger partial charge is 0.307 e. The predicted molar refractivity (Wildman–Crippen MR) is 94.3 cm³/mol. The SMILES string of the molecule is Cc1cc(NC(=O)c2cc(C)sc2C)n(Cc2ccccc2)n1. The van der Waals surface area contributed by atoms with E-state index in [0.29, 0.717) is 6.54 Å². The van der Waals surface area contributed by atoms with Gasteiger partial charge in [-0.15, -0.1) is 11.3 Å². The van der Waals surface area contributed by atoms with Crippen molar-refractivity contribution in [3.63, 3.8) is 0 Å². The van der Waals surface area contributed by atoms with Gasteiger partial charge in [0.15, 0.2) is 0 Å². The van der Waals surface area contributed by atoms with E-state index in [1.54, 1.807) is 11.3 Å². The molecule has 0 bridgehead atoms. The molecular weight excluding hydrogens is 306 g/mol. The van der Waals surface area contributed by atoms with Crippen molar-refractivity contribution in [2.75, 3.05) is 5.32 Å². The standard InChI is InChI=1S/C18H19N3OS/c1-12-9-17(19-18(22)16-10-13(2)23-14(16)3)21(20-12)11-15-7-5-4-6-8-15/h4-10H,11H2,1-3H3,(H,19,22). The second-order valence-electron chi connectivity index (χ2n) is 5.60. The molecule has 5 heteroatoms. The second-order valence-corrected chi connectivity index (χ2v) is 7.06. The lowest BCUT2D eigenvalue weighted by molar-refractivity contribution is 0.102. The number of benzene rings is 1. The van der Waals surface area contributed by atoms with Crippen molar-refractivity contribution in [2.24, 2.45) is 0 Å². The van der Waals surface area contributed by atoms with E-state index < -0.39 is 0 Å². The Morgan fingerprint density at radius 1 is 1.17 bits per heavy atom. The molecule has 0 spiro atoms. The quantitative estimate of drug-likeness (QED) is 0.782. The molecule has 3 aromatic rings. The van der Waals surface area contributed by atoms with Crippen molar-refractivity contribution in [3.05, 3.63) is 69.0 Å². The minimum atomic E-state index is -0.0824. The van der Waals surface area contributed by atoms with E-state index in [9.17, 15) is 4.79 Å². The number of hydrogen-bond donors (Lipinski definition) is 1. The number of carbonyl (C=O) groups excluding carboxylic acids is 1. The van der Waals surface area contributed by atoms with Crippen molar-refractivity contribution < 1.29 is 4.79 Å². The Bertz CT molecular complexity index is 833. The number of amides is 1. The molecule has 0 atom stereocenters. The number of carbonyl (C=O) groups is 1. The van der Waals surface area contributed by atoms with E-state index in [1.165, 1.54) is 0 Å². The first-order valence-corrected chi connectivity index (χ1v) is 8.31. The fraction of sp³-hybridized carbons (Fsp3) is 0.222. The highest BCUT2D eigenvalue weighted by Gasteiger charge is 2.15. The van der Waals surface area contributed by atoms with Gasteiger partial charge in [-0.25, -0.2) is 4.68 Å². The molecule has 0 radical (unpaired) electrons. The van der Waals surface area contributed by atoms with Gasteiger partial charge in [0.25, 0.3) is 5.91 Å². The third-order valence-electron chi connectivity index (χ3n) is 3.60. The zero-order chi connectivity index (χ0) is 16.4. The Balaban J connectivity index is 1.83. The average molecular weight is 325 g/mol. The number of nitrogens with one attached hydrogen (secondary N) is 1. The van der Waals surface area contributed by atoms with Gasteiger partial charge in [0.05, 0.1) is 17.8 Å². The Hall–Kier alpha value is -2.40. The van der Waals surface area contributed by atoms with Crippen LogP contribution in [0.2, 0.25) is 0 Å². The van der Waals surface area contributed by atoms with Crippen molar-refractivity contribution in [3.8, 4) is 0 Å². The summed E-state index contributed by atoms with van der Waals surface area (Å²) < 4.78 is 1.83. The van der Waals surface area contributed by atoms with Crippen LogP contribution in [0, 0.1) is 20.8 Å². The molecule has 1 N–H and O–H groups in total. The summed E-state index contributed by atoms with van der Waals surface area (Å²) in [4.78, 5) is 14.7. The third-order valence-corrected chi connectivity index (χ3v) is 4.57. The van der Waals surface area contributed by atoms with Gasteiger partial charge in [-0.1, -0.05) is 30.3 Å². The summed E-state index contributed by atoms with van der Waals surface area (Å²) in [5.41, 5.74) is 2.76. The van der Waals surface area contributed by atoms with E-state index in [1.807, 2.05) is 55.8 Å². The van der Waals surface area contributed by atoms with Gasteiger partial charge in [-0.3, -0.25) is 4.79 Å². The van der Waals surface area contributed by atoms with Crippen LogP contribution in [0.25, 0.3) is 0 Å². The maximum absolute atomic E-state index is 12.5. The number of nitrogens with zero attached hydrogens (tertiary/aromatic N) is 2. The lowest BCUT2D eigenvalue weighted by Crippen LogP contribution is -2.16. The van der Waals surface area contributed by atoms with Crippen LogP contribution in [0.5, 0.6) is 0 Å². The summed E-state index contributed by atoms with van der Waals surface area (Å²) in [5, 5.41) is 7.48. The monoisotopic (exact) mass is 325 g/mol.